The number of hydrogen-bond acceptors (Lipinski definition) is 4. The first-order valence-corrected chi connectivity index (χ1v) is 8.22. The summed E-state index contributed by atoms with van der Waals surface area (Å²) in [5, 5.41) is 3.22. The Morgan fingerprint density at radius 2 is 1.91 bits per heavy atom. The minimum absolute atomic E-state index is 0.280. The Morgan fingerprint density at radius 1 is 1.22 bits per heavy atom. The largest absolute Gasteiger partial charge is 0.496 e. The van der Waals surface area contributed by atoms with Gasteiger partial charge < -0.3 is 14.8 Å². The van der Waals surface area contributed by atoms with E-state index in [-0.39, 0.29) is 5.97 Å². The van der Waals surface area contributed by atoms with E-state index in [4.69, 9.17) is 9.47 Å². The van der Waals surface area contributed by atoms with Crippen LogP contribution in [0.2, 0.25) is 0 Å². The highest BCUT2D eigenvalue weighted by atomic mass is 79.9. The molecule has 5 heteroatoms. The Bertz CT molecular complexity index is 670. The summed E-state index contributed by atoms with van der Waals surface area (Å²) in [5.74, 6) is 0.463. The SMILES string of the molecule is CCOC(=O)C(C)Nc1cccc(OC)c1-c1ccc(Br)cc1. The van der Waals surface area contributed by atoms with Gasteiger partial charge >= 0.3 is 5.97 Å². The van der Waals surface area contributed by atoms with Crippen LogP contribution >= 0.6 is 15.9 Å². The average Bonchev–Trinajstić information content (AvgIpc) is 2.55. The number of methoxy groups -OCH3 is 1. The van der Waals surface area contributed by atoms with Gasteiger partial charge in [-0.25, -0.2) is 4.79 Å². The highest BCUT2D eigenvalue weighted by Crippen LogP contribution is 2.37. The summed E-state index contributed by atoms with van der Waals surface area (Å²) in [4.78, 5) is 11.9. The smallest absolute Gasteiger partial charge is 0.328 e. The van der Waals surface area contributed by atoms with Gasteiger partial charge in [-0.2, -0.15) is 0 Å². The molecule has 2 aromatic carbocycles. The molecule has 122 valence electrons. The van der Waals surface area contributed by atoms with E-state index >= 15 is 0 Å². The molecule has 23 heavy (non-hydrogen) atoms. The molecule has 2 aromatic rings. The number of halogens is 1. The van der Waals surface area contributed by atoms with Crippen LogP contribution in [0.15, 0.2) is 46.9 Å². The second kappa shape index (κ2) is 8.02. The minimum Gasteiger partial charge on any atom is -0.496 e. The molecule has 0 aliphatic rings. The van der Waals surface area contributed by atoms with Crippen molar-refractivity contribution in [3.05, 3.63) is 46.9 Å². The number of hydrogen-bond donors (Lipinski definition) is 1. The average molecular weight is 378 g/mol. The van der Waals surface area contributed by atoms with Crippen molar-refractivity contribution in [3.63, 3.8) is 0 Å². The van der Waals surface area contributed by atoms with Crippen LogP contribution in [-0.4, -0.2) is 25.7 Å². The lowest BCUT2D eigenvalue weighted by atomic mass is 10.0. The molecule has 0 heterocycles. The van der Waals surface area contributed by atoms with Gasteiger partial charge in [0.2, 0.25) is 0 Å². The van der Waals surface area contributed by atoms with Gasteiger partial charge in [0, 0.05) is 15.7 Å². The van der Waals surface area contributed by atoms with Crippen LogP contribution in [0.5, 0.6) is 5.75 Å². The normalized spacial score (nSPS) is 11.7. The van der Waals surface area contributed by atoms with Gasteiger partial charge in [-0.05, 0) is 43.7 Å². The lowest BCUT2D eigenvalue weighted by molar-refractivity contribution is -0.143. The van der Waals surface area contributed by atoms with Crippen molar-refractivity contribution >= 4 is 27.6 Å². The van der Waals surface area contributed by atoms with E-state index in [9.17, 15) is 4.79 Å². The van der Waals surface area contributed by atoms with Crippen molar-refractivity contribution in [1.29, 1.82) is 0 Å². The fraction of sp³-hybridized carbons (Fsp3) is 0.278. The third-order valence-electron chi connectivity index (χ3n) is 3.39. The maximum Gasteiger partial charge on any atom is 0.328 e. The lowest BCUT2D eigenvalue weighted by Gasteiger charge is -2.19. The van der Waals surface area contributed by atoms with Crippen LogP contribution in [0, 0.1) is 0 Å². The van der Waals surface area contributed by atoms with Gasteiger partial charge in [0.25, 0.3) is 0 Å². The molecule has 4 nitrogen and oxygen atoms in total. The van der Waals surface area contributed by atoms with E-state index in [0.29, 0.717) is 6.61 Å². The molecule has 0 aromatic heterocycles. The zero-order valence-electron chi connectivity index (χ0n) is 13.4. The first-order valence-electron chi connectivity index (χ1n) is 7.43. The number of anilines is 1. The molecule has 0 amide bonds. The standard InChI is InChI=1S/C18H20BrNO3/c1-4-23-18(21)12(2)20-15-6-5-7-16(22-3)17(15)13-8-10-14(19)11-9-13/h5-12,20H,4H2,1-3H3. The first kappa shape index (κ1) is 17.3. The monoisotopic (exact) mass is 377 g/mol. The minimum atomic E-state index is -0.448. The Morgan fingerprint density at radius 3 is 2.52 bits per heavy atom. The second-order valence-electron chi connectivity index (χ2n) is 5.01. The molecule has 0 spiro atoms. The Hall–Kier alpha value is -2.01. The van der Waals surface area contributed by atoms with E-state index in [2.05, 4.69) is 21.2 Å². The van der Waals surface area contributed by atoms with Crippen molar-refractivity contribution in [2.45, 2.75) is 19.9 Å². The predicted molar refractivity (Wildman–Crippen MR) is 95.8 cm³/mol. The molecule has 2 rings (SSSR count). The highest BCUT2D eigenvalue weighted by molar-refractivity contribution is 9.10. The summed E-state index contributed by atoms with van der Waals surface area (Å²) in [6.07, 6.45) is 0. The van der Waals surface area contributed by atoms with Crippen molar-refractivity contribution in [2.75, 3.05) is 19.0 Å². The molecule has 0 fully saturated rings. The summed E-state index contributed by atoms with van der Waals surface area (Å²) in [5.41, 5.74) is 2.75. The molecule has 1 unspecified atom stereocenters. The molecule has 1 atom stereocenters. The predicted octanol–water partition coefficient (Wildman–Crippen LogP) is 4.49. The molecule has 0 aliphatic heterocycles. The molecule has 0 bridgehead atoms. The van der Waals surface area contributed by atoms with Crippen LogP contribution in [0.1, 0.15) is 13.8 Å². The second-order valence-corrected chi connectivity index (χ2v) is 5.92. The summed E-state index contributed by atoms with van der Waals surface area (Å²) >= 11 is 3.44. The Balaban J connectivity index is 2.40. The highest BCUT2D eigenvalue weighted by Gasteiger charge is 2.18. The topological polar surface area (TPSA) is 47.6 Å². The van der Waals surface area contributed by atoms with Gasteiger partial charge in [-0.15, -0.1) is 0 Å². The van der Waals surface area contributed by atoms with Crippen molar-refractivity contribution in [3.8, 4) is 16.9 Å². The molecule has 1 N–H and O–H groups in total. The van der Waals surface area contributed by atoms with Crippen LogP contribution in [0.4, 0.5) is 5.69 Å². The molecule has 0 radical (unpaired) electrons. The molecule has 0 aliphatic carbocycles. The molecular weight excluding hydrogens is 358 g/mol. The zero-order valence-corrected chi connectivity index (χ0v) is 15.0. The summed E-state index contributed by atoms with van der Waals surface area (Å²) in [6, 6.07) is 13.2. The Kier molecular flexibility index (Phi) is 6.04. The summed E-state index contributed by atoms with van der Waals surface area (Å²) < 4.78 is 11.6. The number of esters is 1. The quantitative estimate of drug-likeness (QED) is 0.753. The number of carbonyl (C=O) groups is 1. The number of benzene rings is 2. The van der Waals surface area contributed by atoms with E-state index in [0.717, 1.165) is 27.0 Å². The van der Waals surface area contributed by atoms with Gasteiger partial charge in [0.1, 0.15) is 11.8 Å². The molecule has 0 saturated heterocycles. The van der Waals surface area contributed by atoms with Crippen LogP contribution < -0.4 is 10.1 Å². The van der Waals surface area contributed by atoms with Crippen molar-refractivity contribution < 1.29 is 14.3 Å². The number of nitrogens with one attached hydrogen (secondary N) is 1. The van der Waals surface area contributed by atoms with E-state index < -0.39 is 6.04 Å². The number of carbonyl (C=O) groups excluding carboxylic acids is 1. The van der Waals surface area contributed by atoms with Gasteiger partial charge in [-0.3, -0.25) is 0 Å². The lowest BCUT2D eigenvalue weighted by Crippen LogP contribution is -2.28. The van der Waals surface area contributed by atoms with Crippen LogP contribution in [0.25, 0.3) is 11.1 Å². The van der Waals surface area contributed by atoms with Gasteiger partial charge in [0.15, 0.2) is 0 Å². The van der Waals surface area contributed by atoms with E-state index in [1.807, 2.05) is 42.5 Å². The fourth-order valence-corrected chi connectivity index (χ4v) is 2.56. The Labute approximate surface area is 144 Å². The van der Waals surface area contributed by atoms with Gasteiger partial charge in [0.05, 0.1) is 13.7 Å². The molecule has 0 saturated carbocycles. The summed E-state index contributed by atoms with van der Waals surface area (Å²) in [6.45, 7) is 3.94. The molecular formula is C18H20BrNO3. The number of ether oxygens (including phenoxy) is 2. The van der Waals surface area contributed by atoms with E-state index in [1.54, 1.807) is 21.0 Å². The third kappa shape index (κ3) is 4.26. The van der Waals surface area contributed by atoms with E-state index in [1.165, 1.54) is 0 Å². The van der Waals surface area contributed by atoms with Crippen molar-refractivity contribution in [2.24, 2.45) is 0 Å². The number of rotatable bonds is 6. The maximum absolute atomic E-state index is 11.9. The van der Waals surface area contributed by atoms with Crippen LogP contribution in [-0.2, 0) is 9.53 Å². The summed E-state index contributed by atoms with van der Waals surface area (Å²) in [7, 11) is 1.64. The van der Waals surface area contributed by atoms with Crippen molar-refractivity contribution in [1.82, 2.24) is 0 Å². The first-order chi connectivity index (χ1) is 11.1. The third-order valence-corrected chi connectivity index (χ3v) is 3.92. The van der Waals surface area contributed by atoms with Gasteiger partial charge in [-0.1, -0.05) is 34.1 Å². The maximum atomic E-state index is 11.9. The zero-order chi connectivity index (χ0) is 16.8. The fourth-order valence-electron chi connectivity index (χ4n) is 2.30. The van der Waals surface area contributed by atoms with Crippen LogP contribution in [0.3, 0.4) is 0 Å².